The van der Waals surface area contributed by atoms with E-state index in [0.717, 1.165) is 4.47 Å². The molecule has 26 heavy (non-hydrogen) atoms. The molecule has 0 spiro atoms. The Bertz CT molecular complexity index is 730. The van der Waals surface area contributed by atoms with Crippen molar-refractivity contribution in [1.29, 1.82) is 0 Å². The number of imidazole rings is 1. The molecule has 8 heteroatoms. The van der Waals surface area contributed by atoms with Gasteiger partial charge in [0.15, 0.2) is 0 Å². The highest BCUT2D eigenvalue weighted by atomic mass is 79.9. The molecule has 0 fully saturated rings. The van der Waals surface area contributed by atoms with Crippen molar-refractivity contribution in [3.8, 4) is 0 Å². The van der Waals surface area contributed by atoms with Gasteiger partial charge in [-0.1, -0.05) is 22.9 Å². The Hall–Kier alpha value is -2.35. The van der Waals surface area contributed by atoms with Crippen LogP contribution in [0.15, 0.2) is 41.1 Å². The van der Waals surface area contributed by atoms with Crippen LogP contribution in [0.2, 0.25) is 0 Å². The molecule has 0 aliphatic carbocycles. The van der Waals surface area contributed by atoms with Crippen molar-refractivity contribution in [3.63, 3.8) is 0 Å². The fraction of sp³-hybridized carbons (Fsp3) is 0.389. The molecule has 2 amide bonds. The van der Waals surface area contributed by atoms with Crippen LogP contribution in [0.25, 0.3) is 0 Å². The summed E-state index contributed by atoms with van der Waals surface area (Å²) in [4.78, 5) is 28.2. The van der Waals surface area contributed by atoms with Crippen molar-refractivity contribution >= 4 is 33.6 Å². The number of nitrogens with one attached hydrogen (secondary N) is 2. The minimum Gasteiger partial charge on any atom is -0.466 e. The molecule has 1 aromatic carbocycles. The van der Waals surface area contributed by atoms with E-state index < -0.39 is 0 Å². The number of halogens is 1. The zero-order valence-corrected chi connectivity index (χ0v) is 16.5. The van der Waals surface area contributed by atoms with E-state index in [1.165, 1.54) is 0 Å². The molecule has 1 heterocycles. The summed E-state index contributed by atoms with van der Waals surface area (Å²) in [5.74, 6) is 0.462. The number of aromatic nitrogens is 2. The van der Waals surface area contributed by atoms with Crippen LogP contribution in [-0.2, 0) is 16.1 Å². The van der Waals surface area contributed by atoms with Gasteiger partial charge in [-0.05, 0) is 37.6 Å². The van der Waals surface area contributed by atoms with Crippen LogP contribution in [0.1, 0.15) is 38.6 Å². The fourth-order valence-corrected chi connectivity index (χ4v) is 2.74. The van der Waals surface area contributed by atoms with Crippen molar-refractivity contribution in [1.82, 2.24) is 14.9 Å². The van der Waals surface area contributed by atoms with Gasteiger partial charge >= 0.3 is 12.0 Å². The Labute approximate surface area is 161 Å². The maximum atomic E-state index is 12.3. The molecule has 2 N–H and O–H groups in total. The van der Waals surface area contributed by atoms with E-state index in [1.54, 1.807) is 19.3 Å². The second-order valence-corrected chi connectivity index (χ2v) is 6.52. The minimum absolute atomic E-state index is 0.249. The summed E-state index contributed by atoms with van der Waals surface area (Å²) in [7, 11) is 0. The quantitative estimate of drug-likeness (QED) is 0.632. The number of aryl methyl sites for hydroxylation is 1. The summed E-state index contributed by atoms with van der Waals surface area (Å²) in [5.41, 5.74) is 0.700. The second-order valence-electron chi connectivity index (χ2n) is 5.60. The summed E-state index contributed by atoms with van der Waals surface area (Å²) in [5, 5.41) is 5.72. The van der Waals surface area contributed by atoms with Crippen LogP contribution < -0.4 is 10.6 Å². The molecular formula is C18H23BrN4O3. The zero-order valence-electron chi connectivity index (χ0n) is 14.9. The molecule has 0 saturated carbocycles. The normalized spacial score (nSPS) is 11.7. The third-order valence-corrected chi connectivity index (χ3v) is 4.27. The SMILES string of the molecule is CCOC(=O)CCn1ccnc1C(CC)NC(=O)Nc1ccc(Br)cc1. The maximum Gasteiger partial charge on any atom is 0.319 e. The van der Waals surface area contributed by atoms with E-state index in [0.29, 0.717) is 31.1 Å². The molecule has 140 valence electrons. The van der Waals surface area contributed by atoms with Crippen molar-refractivity contribution in [2.45, 2.75) is 39.3 Å². The van der Waals surface area contributed by atoms with Gasteiger partial charge in [-0.15, -0.1) is 0 Å². The molecule has 2 rings (SSSR count). The molecule has 7 nitrogen and oxygen atoms in total. The molecule has 1 atom stereocenters. The highest BCUT2D eigenvalue weighted by Gasteiger charge is 2.18. The summed E-state index contributed by atoms with van der Waals surface area (Å²) in [6.45, 7) is 4.57. The lowest BCUT2D eigenvalue weighted by Crippen LogP contribution is -2.33. The van der Waals surface area contributed by atoms with Gasteiger partial charge in [0.1, 0.15) is 5.82 Å². The molecule has 0 aliphatic rings. The fourth-order valence-electron chi connectivity index (χ4n) is 2.47. The minimum atomic E-state index is -0.306. The Morgan fingerprint density at radius 3 is 2.65 bits per heavy atom. The van der Waals surface area contributed by atoms with Gasteiger partial charge in [-0.2, -0.15) is 0 Å². The predicted molar refractivity (Wildman–Crippen MR) is 103 cm³/mol. The molecule has 1 unspecified atom stereocenters. The maximum absolute atomic E-state index is 12.3. The highest BCUT2D eigenvalue weighted by molar-refractivity contribution is 9.10. The smallest absolute Gasteiger partial charge is 0.319 e. The van der Waals surface area contributed by atoms with E-state index in [-0.39, 0.29) is 24.5 Å². The van der Waals surface area contributed by atoms with Crippen molar-refractivity contribution in [2.24, 2.45) is 0 Å². The van der Waals surface area contributed by atoms with Crippen LogP contribution >= 0.6 is 15.9 Å². The van der Waals surface area contributed by atoms with Gasteiger partial charge < -0.3 is 19.9 Å². The average Bonchev–Trinajstić information content (AvgIpc) is 3.08. The van der Waals surface area contributed by atoms with Gasteiger partial charge in [-0.25, -0.2) is 9.78 Å². The van der Waals surface area contributed by atoms with E-state index >= 15 is 0 Å². The average molecular weight is 423 g/mol. The third-order valence-electron chi connectivity index (χ3n) is 3.74. The Balaban J connectivity index is 1.97. The van der Waals surface area contributed by atoms with Crippen LogP contribution in [-0.4, -0.2) is 28.2 Å². The number of rotatable bonds is 8. The van der Waals surface area contributed by atoms with Gasteiger partial charge in [0.05, 0.1) is 19.1 Å². The van der Waals surface area contributed by atoms with Crippen LogP contribution in [0, 0.1) is 0 Å². The van der Waals surface area contributed by atoms with Gasteiger partial charge in [-0.3, -0.25) is 4.79 Å². The van der Waals surface area contributed by atoms with Crippen LogP contribution in [0.3, 0.4) is 0 Å². The molecular weight excluding hydrogens is 400 g/mol. The Kier molecular flexibility index (Phi) is 7.65. The molecule has 1 aromatic heterocycles. The number of esters is 1. The number of carbonyl (C=O) groups excluding carboxylic acids is 2. The predicted octanol–water partition coefficient (Wildman–Crippen LogP) is 3.87. The van der Waals surface area contributed by atoms with Crippen molar-refractivity contribution < 1.29 is 14.3 Å². The van der Waals surface area contributed by atoms with Crippen LogP contribution in [0.5, 0.6) is 0 Å². The van der Waals surface area contributed by atoms with E-state index in [9.17, 15) is 9.59 Å². The monoisotopic (exact) mass is 422 g/mol. The Morgan fingerprint density at radius 1 is 1.27 bits per heavy atom. The van der Waals surface area contributed by atoms with E-state index in [2.05, 4.69) is 31.5 Å². The topological polar surface area (TPSA) is 85.2 Å². The third kappa shape index (κ3) is 5.87. The molecule has 2 aromatic rings. The molecule has 0 aliphatic heterocycles. The highest BCUT2D eigenvalue weighted by Crippen LogP contribution is 2.17. The van der Waals surface area contributed by atoms with Gasteiger partial charge in [0.25, 0.3) is 0 Å². The summed E-state index contributed by atoms with van der Waals surface area (Å²) in [6, 6.07) is 6.77. The number of amides is 2. The lowest BCUT2D eigenvalue weighted by atomic mass is 10.2. The number of carbonyl (C=O) groups is 2. The van der Waals surface area contributed by atoms with E-state index in [1.807, 2.05) is 35.8 Å². The standard InChI is InChI=1S/C18H23BrN4O3/c1-3-15(22-18(25)21-14-7-5-13(19)6-8-14)17-20-10-12-23(17)11-9-16(24)26-4-2/h5-8,10,12,15H,3-4,9,11H2,1-2H3,(H2,21,22,25). The summed E-state index contributed by atoms with van der Waals surface area (Å²) >= 11 is 3.36. The summed E-state index contributed by atoms with van der Waals surface area (Å²) < 4.78 is 7.76. The Morgan fingerprint density at radius 2 is 2.00 bits per heavy atom. The molecule has 0 saturated heterocycles. The van der Waals surface area contributed by atoms with Gasteiger partial charge in [0.2, 0.25) is 0 Å². The lowest BCUT2D eigenvalue weighted by Gasteiger charge is -2.18. The molecule has 0 radical (unpaired) electrons. The number of nitrogens with zero attached hydrogens (tertiary/aromatic N) is 2. The number of hydrogen-bond donors (Lipinski definition) is 2. The number of urea groups is 1. The molecule has 0 bridgehead atoms. The van der Waals surface area contributed by atoms with E-state index in [4.69, 9.17) is 4.74 Å². The number of benzene rings is 1. The first-order valence-corrected chi connectivity index (χ1v) is 9.32. The summed E-state index contributed by atoms with van der Waals surface area (Å²) in [6.07, 6.45) is 4.39. The number of anilines is 1. The first-order chi connectivity index (χ1) is 12.5. The second kappa shape index (κ2) is 9.96. The number of ether oxygens (including phenoxy) is 1. The van der Waals surface area contributed by atoms with Crippen molar-refractivity contribution in [3.05, 3.63) is 47.0 Å². The van der Waals surface area contributed by atoms with Crippen LogP contribution in [0.4, 0.5) is 10.5 Å². The van der Waals surface area contributed by atoms with Gasteiger partial charge in [0, 0.05) is 29.1 Å². The lowest BCUT2D eigenvalue weighted by molar-refractivity contribution is -0.143. The number of hydrogen-bond acceptors (Lipinski definition) is 4. The first kappa shape index (κ1) is 20.0. The zero-order chi connectivity index (χ0) is 18.9. The van der Waals surface area contributed by atoms with Crippen molar-refractivity contribution in [2.75, 3.05) is 11.9 Å². The largest absolute Gasteiger partial charge is 0.466 e. The first-order valence-electron chi connectivity index (χ1n) is 8.53.